The predicted molar refractivity (Wildman–Crippen MR) is 93.8 cm³/mol. The number of aromatic nitrogens is 3. The number of anilines is 2. The summed E-state index contributed by atoms with van der Waals surface area (Å²) in [5, 5.41) is 6.43. The van der Waals surface area contributed by atoms with E-state index >= 15 is 0 Å². The Kier molecular flexibility index (Phi) is 4.66. The average Bonchev–Trinajstić information content (AvgIpc) is 2.90. The van der Waals surface area contributed by atoms with Crippen molar-refractivity contribution in [3.05, 3.63) is 41.3 Å². The van der Waals surface area contributed by atoms with E-state index in [-0.39, 0.29) is 17.5 Å². The molecule has 0 radical (unpaired) electrons. The van der Waals surface area contributed by atoms with Crippen LogP contribution in [0, 0.1) is 13.8 Å². The van der Waals surface area contributed by atoms with Crippen LogP contribution in [0.4, 0.5) is 11.8 Å². The number of aryl methyl sites for hydroxylation is 1. The molecule has 0 spiro atoms. The Balaban J connectivity index is 1.73. The number of sulfone groups is 1. The van der Waals surface area contributed by atoms with Crippen LogP contribution in [0.3, 0.4) is 0 Å². The van der Waals surface area contributed by atoms with Gasteiger partial charge in [-0.05, 0) is 32.4 Å². The maximum absolute atomic E-state index is 11.6. The maximum atomic E-state index is 11.6. The number of pyridine rings is 1. The minimum atomic E-state index is -2.92. The first-order valence-corrected chi connectivity index (χ1v) is 9.71. The number of nitrogens with one attached hydrogen (secondary N) is 2. The summed E-state index contributed by atoms with van der Waals surface area (Å²) in [6.07, 6.45) is 2.35. The summed E-state index contributed by atoms with van der Waals surface area (Å²) in [4.78, 5) is 13.2. The number of rotatable bonds is 5. The molecule has 2 aromatic heterocycles. The van der Waals surface area contributed by atoms with E-state index in [9.17, 15) is 8.42 Å². The third-order valence-corrected chi connectivity index (χ3v) is 5.88. The largest absolute Gasteiger partial charge is 0.366 e. The fourth-order valence-corrected chi connectivity index (χ4v) is 4.30. The summed E-state index contributed by atoms with van der Waals surface area (Å²) in [6.45, 7) is 4.38. The molecule has 0 aliphatic carbocycles. The van der Waals surface area contributed by atoms with Crippen LogP contribution in [-0.4, -0.2) is 40.9 Å². The Bertz CT molecular complexity index is 824. The van der Waals surface area contributed by atoms with Crippen molar-refractivity contribution in [1.29, 1.82) is 0 Å². The highest BCUT2D eigenvalue weighted by molar-refractivity contribution is 7.91. The van der Waals surface area contributed by atoms with E-state index in [4.69, 9.17) is 0 Å². The van der Waals surface area contributed by atoms with Gasteiger partial charge in [0.25, 0.3) is 0 Å². The molecule has 1 atom stereocenters. The lowest BCUT2D eigenvalue weighted by molar-refractivity contribution is 0.602. The van der Waals surface area contributed by atoms with Crippen LogP contribution < -0.4 is 10.6 Å². The van der Waals surface area contributed by atoms with E-state index in [2.05, 4.69) is 25.6 Å². The highest BCUT2D eigenvalue weighted by atomic mass is 32.2. The molecule has 1 saturated heterocycles. The first-order chi connectivity index (χ1) is 11.4. The summed E-state index contributed by atoms with van der Waals surface area (Å²) in [5.74, 6) is 1.59. The molecular formula is C16H21N5O2S. The summed E-state index contributed by atoms with van der Waals surface area (Å²) >= 11 is 0. The molecule has 0 bridgehead atoms. The second-order valence-electron chi connectivity index (χ2n) is 6.03. The first kappa shape index (κ1) is 16.6. The lowest BCUT2D eigenvalue weighted by Crippen LogP contribution is -2.22. The molecule has 24 heavy (non-hydrogen) atoms. The van der Waals surface area contributed by atoms with E-state index in [1.807, 2.05) is 32.0 Å². The standard InChI is InChI=1S/C16H21N5O2S/c1-11-12(2)19-16(18-9-13-5-3-4-7-17-13)21-15(11)20-14-6-8-24(22,23)10-14/h3-5,7,14H,6,8-10H2,1-2H3,(H2,18,19,20,21). The van der Waals surface area contributed by atoms with Crippen molar-refractivity contribution in [2.75, 3.05) is 22.1 Å². The molecule has 1 fully saturated rings. The molecule has 0 aromatic carbocycles. The third-order valence-electron chi connectivity index (χ3n) is 4.12. The fourth-order valence-electron chi connectivity index (χ4n) is 2.62. The quantitative estimate of drug-likeness (QED) is 0.849. The van der Waals surface area contributed by atoms with Gasteiger partial charge in [-0.1, -0.05) is 6.07 Å². The number of nitrogens with zero attached hydrogens (tertiary/aromatic N) is 3. The molecule has 1 unspecified atom stereocenters. The highest BCUT2D eigenvalue weighted by Crippen LogP contribution is 2.21. The van der Waals surface area contributed by atoms with Gasteiger partial charge in [0.15, 0.2) is 9.84 Å². The molecule has 3 heterocycles. The normalized spacial score (nSPS) is 19.2. The zero-order chi connectivity index (χ0) is 17.2. The molecule has 8 heteroatoms. The van der Waals surface area contributed by atoms with Gasteiger partial charge < -0.3 is 10.6 Å². The Morgan fingerprint density at radius 2 is 2.08 bits per heavy atom. The second kappa shape index (κ2) is 6.72. The SMILES string of the molecule is Cc1nc(NCc2ccccn2)nc(NC2CCS(=O)(=O)C2)c1C. The summed E-state index contributed by atoms with van der Waals surface area (Å²) in [5.41, 5.74) is 2.69. The van der Waals surface area contributed by atoms with Gasteiger partial charge in [0, 0.05) is 23.5 Å². The van der Waals surface area contributed by atoms with Crippen LogP contribution in [0.1, 0.15) is 23.4 Å². The van der Waals surface area contributed by atoms with Crippen molar-refractivity contribution in [3.63, 3.8) is 0 Å². The molecule has 7 nitrogen and oxygen atoms in total. The fraction of sp³-hybridized carbons (Fsp3) is 0.438. The molecule has 1 aliphatic heterocycles. The Morgan fingerprint density at radius 1 is 1.25 bits per heavy atom. The van der Waals surface area contributed by atoms with Crippen LogP contribution in [0.5, 0.6) is 0 Å². The van der Waals surface area contributed by atoms with E-state index in [1.165, 1.54) is 0 Å². The van der Waals surface area contributed by atoms with E-state index in [1.54, 1.807) is 6.20 Å². The molecule has 1 aliphatic rings. The first-order valence-electron chi connectivity index (χ1n) is 7.89. The average molecular weight is 347 g/mol. The lowest BCUT2D eigenvalue weighted by Gasteiger charge is -2.16. The molecule has 0 amide bonds. The van der Waals surface area contributed by atoms with Crippen molar-refractivity contribution < 1.29 is 8.42 Å². The van der Waals surface area contributed by atoms with E-state index in [0.29, 0.717) is 24.7 Å². The number of hydrogen-bond acceptors (Lipinski definition) is 7. The zero-order valence-electron chi connectivity index (χ0n) is 13.8. The number of hydrogen-bond donors (Lipinski definition) is 2. The molecule has 3 rings (SSSR count). The van der Waals surface area contributed by atoms with Gasteiger partial charge in [0.05, 0.1) is 23.7 Å². The van der Waals surface area contributed by atoms with Crippen molar-refractivity contribution in [2.45, 2.75) is 32.9 Å². The summed E-state index contributed by atoms with van der Waals surface area (Å²) in [7, 11) is -2.92. The minimum Gasteiger partial charge on any atom is -0.366 e. The predicted octanol–water partition coefficient (Wildman–Crippen LogP) is 1.70. The van der Waals surface area contributed by atoms with Crippen molar-refractivity contribution in [2.24, 2.45) is 0 Å². The van der Waals surface area contributed by atoms with Gasteiger partial charge in [-0.3, -0.25) is 4.98 Å². The van der Waals surface area contributed by atoms with Gasteiger partial charge in [0.1, 0.15) is 5.82 Å². The van der Waals surface area contributed by atoms with Gasteiger partial charge in [-0.25, -0.2) is 13.4 Å². The molecule has 2 aromatic rings. The monoisotopic (exact) mass is 347 g/mol. The van der Waals surface area contributed by atoms with Crippen LogP contribution in [0.25, 0.3) is 0 Å². The minimum absolute atomic E-state index is 0.0911. The van der Waals surface area contributed by atoms with Gasteiger partial charge >= 0.3 is 0 Å². The Morgan fingerprint density at radius 3 is 2.75 bits per heavy atom. The Hall–Kier alpha value is -2.22. The summed E-state index contributed by atoms with van der Waals surface area (Å²) < 4.78 is 23.2. The molecule has 2 N–H and O–H groups in total. The zero-order valence-corrected chi connectivity index (χ0v) is 14.6. The smallest absolute Gasteiger partial charge is 0.225 e. The van der Waals surface area contributed by atoms with Gasteiger partial charge in [0.2, 0.25) is 5.95 Å². The van der Waals surface area contributed by atoms with E-state index < -0.39 is 9.84 Å². The molecule has 0 saturated carbocycles. The highest BCUT2D eigenvalue weighted by Gasteiger charge is 2.28. The molecule has 128 valence electrons. The van der Waals surface area contributed by atoms with Crippen LogP contribution in [-0.2, 0) is 16.4 Å². The third kappa shape index (κ3) is 4.00. The summed E-state index contributed by atoms with van der Waals surface area (Å²) in [6, 6.07) is 5.63. The van der Waals surface area contributed by atoms with E-state index in [0.717, 1.165) is 17.0 Å². The van der Waals surface area contributed by atoms with Crippen LogP contribution in [0.15, 0.2) is 24.4 Å². The topological polar surface area (TPSA) is 96.9 Å². The second-order valence-corrected chi connectivity index (χ2v) is 8.25. The Labute approximate surface area is 141 Å². The lowest BCUT2D eigenvalue weighted by atomic mass is 10.2. The van der Waals surface area contributed by atoms with Gasteiger partial charge in [-0.2, -0.15) is 4.98 Å². The van der Waals surface area contributed by atoms with Crippen molar-refractivity contribution in [1.82, 2.24) is 15.0 Å². The van der Waals surface area contributed by atoms with Crippen molar-refractivity contribution in [3.8, 4) is 0 Å². The van der Waals surface area contributed by atoms with Gasteiger partial charge in [-0.15, -0.1) is 0 Å². The molecular weight excluding hydrogens is 326 g/mol. The van der Waals surface area contributed by atoms with Crippen LogP contribution >= 0.6 is 0 Å². The van der Waals surface area contributed by atoms with Crippen LogP contribution in [0.2, 0.25) is 0 Å². The maximum Gasteiger partial charge on any atom is 0.225 e. The van der Waals surface area contributed by atoms with Crippen molar-refractivity contribution >= 4 is 21.6 Å².